The van der Waals surface area contributed by atoms with Gasteiger partial charge in [0.05, 0.1) is 0 Å². The molecule has 0 aliphatic heterocycles. The summed E-state index contributed by atoms with van der Waals surface area (Å²) >= 11 is 0. The molecule has 0 fully saturated rings. The number of carbonyl (C=O) groups excluding carboxylic acids is 1. The van der Waals surface area contributed by atoms with Gasteiger partial charge in [-0.25, -0.2) is 4.39 Å². The van der Waals surface area contributed by atoms with Crippen LogP contribution in [0.5, 0.6) is 5.75 Å². The van der Waals surface area contributed by atoms with Crippen molar-refractivity contribution in [2.24, 2.45) is 0 Å². The van der Waals surface area contributed by atoms with E-state index in [9.17, 15) is 9.18 Å². The van der Waals surface area contributed by atoms with Gasteiger partial charge in [0.2, 0.25) is 0 Å². The van der Waals surface area contributed by atoms with E-state index >= 15 is 0 Å². The Kier molecular flexibility index (Phi) is 4.55. The molecule has 0 unspecified atom stereocenters. The minimum Gasteiger partial charge on any atom is -0.484 e. The largest absolute Gasteiger partial charge is 0.484 e. The summed E-state index contributed by atoms with van der Waals surface area (Å²) in [5, 5.41) is 2.69. The van der Waals surface area contributed by atoms with E-state index in [2.05, 4.69) is 5.32 Å². The second-order valence-electron chi connectivity index (χ2n) is 4.26. The predicted molar refractivity (Wildman–Crippen MR) is 74.6 cm³/mol. The number of benzene rings is 2. The number of rotatable bonds is 5. The van der Waals surface area contributed by atoms with Gasteiger partial charge in [0.1, 0.15) is 11.6 Å². The number of nitrogens with two attached hydrogens (primary N) is 1. The van der Waals surface area contributed by atoms with E-state index in [0.29, 0.717) is 18.0 Å². The molecule has 2 aromatic carbocycles. The lowest BCUT2D eigenvalue weighted by Gasteiger charge is -2.07. The maximum Gasteiger partial charge on any atom is 0.258 e. The van der Waals surface area contributed by atoms with Gasteiger partial charge in [-0.05, 0) is 42.0 Å². The molecular weight excluding hydrogens is 259 g/mol. The quantitative estimate of drug-likeness (QED) is 0.821. The Morgan fingerprint density at radius 1 is 1.10 bits per heavy atom. The highest BCUT2D eigenvalue weighted by Crippen LogP contribution is 2.12. The van der Waals surface area contributed by atoms with Gasteiger partial charge in [0.15, 0.2) is 6.61 Å². The van der Waals surface area contributed by atoms with Crippen molar-refractivity contribution < 1.29 is 13.9 Å². The first-order valence-corrected chi connectivity index (χ1v) is 6.13. The fraction of sp³-hybridized carbons (Fsp3) is 0.133. The smallest absolute Gasteiger partial charge is 0.258 e. The van der Waals surface area contributed by atoms with Gasteiger partial charge in [-0.15, -0.1) is 0 Å². The summed E-state index contributed by atoms with van der Waals surface area (Å²) in [6, 6.07) is 12.7. The van der Waals surface area contributed by atoms with Crippen LogP contribution in [0, 0.1) is 5.82 Å². The molecule has 0 bridgehead atoms. The van der Waals surface area contributed by atoms with Crippen LogP contribution in [-0.2, 0) is 11.3 Å². The van der Waals surface area contributed by atoms with E-state index < -0.39 is 0 Å². The summed E-state index contributed by atoms with van der Waals surface area (Å²) in [4.78, 5) is 11.6. The third-order valence-corrected chi connectivity index (χ3v) is 2.65. The van der Waals surface area contributed by atoms with Gasteiger partial charge in [-0.1, -0.05) is 12.1 Å². The highest BCUT2D eigenvalue weighted by atomic mass is 19.1. The molecule has 2 aromatic rings. The van der Waals surface area contributed by atoms with Crippen molar-refractivity contribution in [3.8, 4) is 5.75 Å². The van der Waals surface area contributed by atoms with E-state index in [1.54, 1.807) is 36.4 Å². The topological polar surface area (TPSA) is 64.3 Å². The van der Waals surface area contributed by atoms with Crippen molar-refractivity contribution >= 4 is 11.6 Å². The molecule has 0 atom stereocenters. The molecule has 0 saturated heterocycles. The summed E-state index contributed by atoms with van der Waals surface area (Å²) < 4.78 is 18.0. The number of hydrogen-bond donors (Lipinski definition) is 2. The number of nitrogen functional groups attached to an aromatic ring is 1. The Morgan fingerprint density at radius 2 is 1.75 bits per heavy atom. The SMILES string of the molecule is Nc1ccc(OCC(=O)NCc2ccc(F)cc2)cc1. The number of hydrogen-bond acceptors (Lipinski definition) is 3. The average molecular weight is 274 g/mol. The first kappa shape index (κ1) is 13.9. The van der Waals surface area contributed by atoms with Gasteiger partial charge >= 0.3 is 0 Å². The monoisotopic (exact) mass is 274 g/mol. The van der Waals surface area contributed by atoms with Crippen LogP contribution in [0.4, 0.5) is 10.1 Å². The zero-order chi connectivity index (χ0) is 14.4. The lowest BCUT2D eigenvalue weighted by molar-refractivity contribution is -0.123. The zero-order valence-electron chi connectivity index (χ0n) is 10.8. The number of anilines is 1. The van der Waals surface area contributed by atoms with Crippen molar-refractivity contribution in [1.29, 1.82) is 0 Å². The summed E-state index contributed by atoms with van der Waals surface area (Å²) in [6.07, 6.45) is 0. The van der Waals surface area contributed by atoms with Crippen molar-refractivity contribution in [3.05, 3.63) is 59.9 Å². The van der Waals surface area contributed by atoms with Gasteiger partial charge < -0.3 is 15.8 Å². The molecule has 5 heteroatoms. The van der Waals surface area contributed by atoms with E-state index in [-0.39, 0.29) is 18.3 Å². The first-order chi connectivity index (χ1) is 9.63. The van der Waals surface area contributed by atoms with Gasteiger partial charge in [0, 0.05) is 12.2 Å². The number of ether oxygens (including phenoxy) is 1. The lowest BCUT2D eigenvalue weighted by atomic mass is 10.2. The molecule has 0 aromatic heterocycles. The van der Waals surface area contributed by atoms with Crippen LogP contribution in [0.25, 0.3) is 0 Å². The molecule has 20 heavy (non-hydrogen) atoms. The summed E-state index contributed by atoms with van der Waals surface area (Å²) in [5.74, 6) is 0.0362. The van der Waals surface area contributed by atoms with Crippen LogP contribution >= 0.6 is 0 Å². The average Bonchev–Trinajstić information content (AvgIpc) is 2.46. The molecule has 4 nitrogen and oxygen atoms in total. The Labute approximate surface area is 116 Å². The molecule has 0 saturated carbocycles. The third kappa shape index (κ3) is 4.28. The number of nitrogens with one attached hydrogen (secondary N) is 1. The molecule has 2 rings (SSSR count). The summed E-state index contributed by atoms with van der Waals surface area (Å²) in [6.45, 7) is 0.259. The summed E-state index contributed by atoms with van der Waals surface area (Å²) in [5.41, 5.74) is 7.01. The molecule has 0 aliphatic carbocycles. The van der Waals surface area contributed by atoms with E-state index in [1.165, 1.54) is 12.1 Å². The maximum atomic E-state index is 12.7. The maximum absolute atomic E-state index is 12.7. The fourth-order valence-corrected chi connectivity index (χ4v) is 1.57. The van der Waals surface area contributed by atoms with Crippen molar-refractivity contribution in [1.82, 2.24) is 5.32 Å². The van der Waals surface area contributed by atoms with Crippen LogP contribution in [0.1, 0.15) is 5.56 Å². The number of halogens is 1. The molecule has 0 spiro atoms. The molecule has 0 aliphatic rings. The second kappa shape index (κ2) is 6.56. The molecule has 104 valence electrons. The zero-order valence-corrected chi connectivity index (χ0v) is 10.8. The minimum absolute atomic E-state index is 0.0783. The van der Waals surface area contributed by atoms with Crippen molar-refractivity contribution in [3.63, 3.8) is 0 Å². The molecule has 0 heterocycles. The standard InChI is InChI=1S/C15H15FN2O2/c16-12-3-1-11(2-4-12)9-18-15(19)10-20-14-7-5-13(17)6-8-14/h1-8H,9-10,17H2,(H,18,19). The van der Waals surface area contributed by atoms with Gasteiger partial charge in [0.25, 0.3) is 5.91 Å². The molecule has 1 amide bonds. The van der Waals surface area contributed by atoms with Gasteiger partial charge in [-0.2, -0.15) is 0 Å². The Hall–Kier alpha value is -2.56. The second-order valence-corrected chi connectivity index (χ2v) is 4.26. The fourth-order valence-electron chi connectivity index (χ4n) is 1.57. The third-order valence-electron chi connectivity index (χ3n) is 2.65. The van der Waals surface area contributed by atoms with E-state index in [4.69, 9.17) is 10.5 Å². The highest BCUT2D eigenvalue weighted by Gasteiger charge is 2.03. The summed E-state index contributed by atoms with van der Waals surface area (Å²) in [7, 11) is 0. The van der Waals surface area contributed by atoms with Crippen LogP contribution < -0.4 is 15.8 Å². The Bertz CT molecular complexity index is 516. The van der Waals surface area contributed by atoms with Crippen molar-refractivity contribution in [2.45, 2.75) is 6.54 Å². The van der Waals surface area contributed by atoms with Crippen LogP contribution in [0.15, 0.2) is 48.5 Å². The van der Waals surface area contributed by atoms with Crippen molar-refractivity contribution in [2.75, 3.05) is 12.3 Å². The normalized spacial score (nSPS) is 10.1. The van der Waals surface area contributed by atoms with Crippen LogP contribution in [0.3, 0.4) is 0 Å². The number of amides is 1. The van der Waals surface area contributed by atoms with Crippen LogP contribution in [0.2, 0.25) is 0 Å². The predicted octanol–water partition coefficient (Wildman–Crippen LogP) is 2.10. The highest BCUT2D eigenvalue weighted by molar-refractivity contribution is 5.77. The minimum atomic E-state index is -0.299. The Balaban J connectivity index is 1.75. The van der Waals surface area contributed by atoms with E-state index in [1.807, 2.05) is 0 Å². The molecule has 0 radical (unpaired) electrons. The molecule has 3 N–H and O–H groups in total. The Morgan fingerprint density at radius 3 is 2.40 bits per heavy atom. The molecular formula is C15H15FN2O2. The number of carbonyl (C=O) groups is 1. The van der Waals surface area contributed by atoms with E-state index in [0.717, 1.165) is 5.56 Å². The first-order valence-electron chi connectivity index (χ1n) is 6.13. The van der Waals surface area contributed by atoms with Crippen LogP contribution in [-0.4, -0.2) is 12.5 Å². The van der Waals surface area contributed by atoms with Gasteiger partial charge in [-0.3, -0.25) is 4.79 Å². The lowest BCUT2D eigenvalue weighted by Crippen LogP contribution is -2.28.